The van der Waals surface area contributed by atoms with Crippen LogP contribution in [0.4, 0.5) is 0 Å². The summed E-state index contributed by atoms with van der Waals surface area (Å²) in [4.78, 5) is 11.6. The largest absolute Gasteiger partial charge is 0.383 e. The van der Waals surface area contributed by atoms with Gasteiger partial charge >= 0.3 is 0 Å². The molecule has 1 saturated heterocycles. The number of amides is 1. The first-order valence-electron chi connectivity index (χ1n) is 5.34. The molecule has 14 heavy (non-hydrogen) atoms. The van der Waals surface area contributed by atoms with Gasteiger partial charge in [-0.05, 0) is 19.4 Å². The average molecular weight is 200 g/mol. The minimum absolute atomic E-state index is 0.00866. The molecule has 0 aromatic rings. The minimum atomic E-state index is 0.00866. The van der Waals surface area contributed by atoms with E-state index < -0.39 is 0 Å². The summed E-state index contributed by atoms with van der Waals surface area (Å²) in [5.41, 5.74) is 0. The maximum atomic E-state index is 11.6. The highest BCUT2D eigenvalue weighted by Gasteiger charge is 2.18. The summed E-state index contributed by atoms with van der Waals surface area (Å²) < 4.78 is 4.87. The SMILES string of the molecule is COCCNC(=O)C1CCCCCN1. The van der Waals surface area contributed by atoms with Gasteiger partial charge in [-0.25, -0.2) is 0 Å². The molecule has 1 atom stereocenters. The molecule has 1 aliphatic rings. The molecule has 0 aromatic heterocycles. The van der Waals surface area contributed by atoms with Gasteiger partial charge in [0.2, 0.25) is 5.91 Å². The number of nitrogens with one attached hydrogen (secondary N) is 2. The summed E-state index contributed by atoms with van der Waals surface area (Å²) >= 11 is 0. The van der Waals surface area contributed by atoms with Gasteiger partial charge in [0.1, 0.15) is 0 Å². The second kappa shape index (κ2) is 6.79. The number of methoxy groups -OCH3 is 1. The molecule has 1 heterocycles. The Morgan fingerprint density at radius 2 is 2.36 bits per heavy atom. The Morgan fingerprint density at radius 1 is 1.50 bits per heavy atom. The lowest BCUT2D eigenvalue weighted by atomic mass is 10.1. The summed E-state index contributed by atoms with van der Waals surface area (Å²) in [5, 5.41) is 6.11. The van der Waals surface area contributed by atoms with Crippen LogP contribution in [0, 0.1) is 0 Å². The van der Waals surface area contributed by atoms with Gasteiger partial charge < -0.3 is 15.4 Å². The average Bonchev–Trinajstić information content (AvgIpc) is 2.46. The molecule has 82 valence electrons. The van der Waals surface area contributed by atoms with Crippen LogP contribution in [0.25, 0.3) is 0 Å². The van der Waals surface area contributed by atoms with Crippen LogP contribution in [0.2, 0.25) is 0 Å². The van der Waals surface area contributed by atoms with Crippen LogP contribution in [-0.4, -0.2) is 38.8 Å². The van der Waals surface area contributed by atoms with Gasteiger partial charge in [0.05, 0.1) is 12.6 Å². The molecular formula is C10H20N2O2. The summed E-state index contributed by atoms with van der Waals surface area (Å²) in [6, 6.07) is 0.00866. The number of rotatable bonds is 4. The summed E-state index contributed by atoms with van der Waals surface area (Å²) in [5.74, 6) is 0.115. The predicted molar refractivity (Wildman–Crippen MR) is 55.1 cm³/mol. The lowest BCUT2D eigenvalue weighted by Gasteiger charge is -2.15. The molecule has 1 unspecified atom stereocenters. The van der Waals surface area contributed by atoms with E-state index in [1.165, 1.54) is 12.8 Å². The number of hydrogen-bond acceptors (Lipinski definition) is 3. The Morgan fingerprint density at radius 3 is 3.14 bits per heavy atom. The monoisotopic (exact) mass is 200 g/mol. The third-order valence-corrected chi connectivity index (χ3v) is 2.48. The lowest BCUT2D eigenvalue weighted by molar-refractivity contribution is -0.123. The molecule has 1 rings (SSSR count). The molecule has 0 saturated carbocycles. The van der Waals surface area contributed by atoms with Crippen LogP contribution in [0.1, 0.15) is 25.7 Å². The van der Waals surface area contributed by atoms with E-state index in [4.69, 9.17) is 4.74 Å². The zero-order valence-corrected chi connectivity index (χ0v) is 8.84. The van der Waals surface area contributed by atoms with Gasteiger partial charge in [0.25, 0.3) is 0 Å². The standard InChI is InChI=1S/C10H20N2O2/c1-14-8-7-12-10(13)9-5-3-2-4-6-11-9/h9,11H,2-8H2,1H3,(H,12,13). The predicted octanol–water partition coefficient (Wildman–Crippen LogP) is 0.281. The van der Waals surface area contributed by atoms with Crippen molar-refractivity contribution in [2.75, 3.05) is 26.8 Å². The zero-order chi connectivity index (χ0) is 10.2. The van der Waals surface area contributed by atoms with Crippen molar-refractivity contribution in [3.8, 4) is 0 Å². The maximum Gasteiger partial charge on any atom is 0.237 e. The highest BCUT2D eigenvalue weighted by Crippen LogP contribution is 2.08. The van der Waals surface area contributed by atoms with Gasteiger partial charge in [0, 0.05) is 13.7 Å². The fourth-order valence-electron chi connectivity index (χ4n) is 1.65. The van der Waals surface area contributed by atoms with Crippen molar-refractivity contribution in [3.05, 3.63) is 0 Å². The van der Waals surface area contributed by atoms with Gasteiger partial charge in [0.15, 0.2) is 0 Å². The molecule has 0 bridgehead atoms. The van der Waals surface area contributed by atoms with E-state index in [0.29, 0.717) is 13.2 Å². The van der Waals surface area contributed by atoms with E-state index in [-0.39, 0.29) is 11.9 Å². The first-order valence-corrected chi connectivity index (χ1v) is 5.34. The molecular weight excluding hydrogens is 180 g/mol. The van der Waals surface area contributed by atoms with E-state index in [1.54, 1.807) is 7.11 Å². The first kappa shape index (κ1) is 11.5. The van der Waals surface area contributed by atoms with Crippen LogP contribution < -0.4 is 10.6 Å². The molecule has 1 amide bonds. The van der Waals surface area contributed by atoms with Crippen LogP contribution >= 0.6 is 0 Å². The Balaban J connectivity index is 2.20. The molecule has 4 nitrogen and oxygen atoms in total. The number of carbonyl (C=O) groups is 1. The normalized spacial score (nSPS) is 22.8. The van der Waals surface area contributed by atoms with Crippen LogP contribution in [-0.2, 0) is 9.53 Å². The molecule has 0 aliphatic carbocycles. The van der Waals surface area contributed by atoms with Crippen LogP contribution in [0.5, 0.6) is 0 Å². The fourth-order valence-corrected chi connectivity index (χ4v) is 1.65. The molecule has 0 aromatic carbocycles. The van der Waals surface area contributed by atoms with E-state index in [9.17, 15) is 4.79 Å². The van der Waals surface area contributed by atoms with Crippen molar-refractivity contribution in [1.29, 1.82) is 0 Å². The summed E-state index contributed by atoms with van der Waals surface area (Å²) in [6.45, 7) is 2.15. The van der Waals surface area contributed by atoms with Crippen molar-refractivity contribution in [2.24, 2.45) is 0 Å². The Hall–Kier alpha value is -0.610. The van der Waals surface area contributed by atoms with Gasteiger partial charge in [-0.1, -0.05) is 12.8 Å². The fraction of sp³-hybridized carbons (Fsp3) is 0.900. The van der Waals surface area contributed by atoms with Crippen molar-refractivity contribution in [3.63, 3.8) is 0 Å². The topological polar surface area (TPSA) is 50.4 Å². The number of ether oxygens (including phenoxy) is 1. The molecule has 1 fully saturated rings. The Labute approximate surface area is 85.4 Å². The zero-order valence-electron chi connectivity index (χ0n) is 8.84. The van der Waals surface area contributed by atoms with Crippen molar-refractivity contribution in [1.82, 2.24) is 10.6 Å². The van der Waals surface area contributed by atoms with E-state index in [0.717, 1.165) is 19.4 Å². The van der Waals surface area contributed by atoms with Gasteiger partial charge in [-0.2, -0.15) is 0 Å². The quantitative estimate of drug-likeness (QED) is 0.641. The van der Waals surface area contributed by atoms with E-state index in [1.807, 2.05) is 0 Å². The lowest BCUT2D eigenvalue weighted by Crippen LogP contribution is -2.44. The molecule has 1 aliphatic heterocycles. The smallest absolute Gasteiger partial charge is 0.237 e. The second-order valence-corrected chi connectivity index (χ2v) is 3.64. The second-order valence-electron chi connectivity index (χ2n) is 3.64. The van der Waals surface area contributed by atoms with Crippen LogP contribution in [0.15, 0.2) is 0 Å². The van der Waals surface area contributed by atoms with E-state index in [2.05, 4.69) is 10.6 Å². The minimum Gasteiger partial charge on any atom is -0.383 e. The highest BCUT2D eigenvalue weighted by atomic mass is 16.5. The first-order chi connectivity index (χ1) is 6.84. The number of carbonyl (C=O) groups excluding carboxylic acids is 1. The van der Waals surface area contributed by atoms with Gasteiger partial charge in [-0.15, -0.1) is 0 Å². The van der Waals surface area contributed by atoms with Gasteiger partial charge in [-0.3, -0.25) is 4.79 Å². The Kier molecular flexibility index (Phi) is 5.56. The molecule has 2 N–H and O–H groups in total. The third kappa shape index (κ3) is 4.07. The van der Waals surface area contributed by atoms with Crippen molar-refractivity contribution in [2.45, 2.75) is 31.7 Å². The van der Waals surface area contributed by atoms with Crippen LogP contribution in [0.3, 0.4) is 0 Å². The number of hydrogen-bond donors (Lipinski definition) is 2. The Bertz CT molecular complexity index is 166. The van der Waals surface area contributed by atoms with Crippen molar-refractivity contribution >= 4 is 5.91 Å². The van der Waals surface area contributed by atoms with E-state index >= 15 is 0 Å². The molecule has 4 heteroatoms. The maximum absolute atomic E-state index is 11.6. The summed E-state index contributed by atoms with van der Waals surface area (Å²) in [7, 11) is 1.63. The molecule has 0 spiro atoms. The third-order valence-electron chi connectivity index (χ3n) is 2.48. The van der Waals surface area contributed by atoms with Crippen molar-refractivity contribution < 1.29 is 9.53 Å². The summed E-state index contributed by atoms with van der Waals surface area (Å²) in [6.07, 6.45) is 4.52. The molecule has 0 radical (unpaired) electrons. The highest BCUT2D eigenvalue weighted by molar-refractivity contribution is 5.81.